The average Bonchev–Trinajstić information content (AvgIpc) is 3.70. The first-order valence-electron chi connectivity index (χ1n) is 16.9. The largest absolute Gasteiger partial charge is 0.456 e. The summed E-state index contributed by atoms with van der Waals surface area (Å²) < 4.78 is 11.7. The second-order valence-corrected chi connectivity index (χ2v) is 15.3. The first-order chi connectivity index (χ1) is 25.2. The summed E-state index contributed by atoms with van der Waals surface area (Å²) in [6, 6.07) is 49.3. The summed E-state index contributed by atoms with van der Waals surface area (Å²) >= 11 is 3.70. The normalized spacial score (nSPS) is 12.3. The molecule has 51 heavy (non-hydrogen) atoms. The molecule has 0 saturated heterocycles. The van der Waals surface area contributed by atoms with Crippen LogP contribution in [0.5, 0.6) is 0 Å². The van der Waals surface area contributed by atoms with E-state index in [0.717, 1.165) is 54.1 Å². The molecule has 12 rings (SSSR count). The molecule has 0 unspecified atom stereocenters. The second-order valence-electron chi connectivity index (χ2n) is 13.2. The summed E-state index contributed by atoms with van der Waals surface area (Å²) in [5.74, 6) is 1.89. The number of fused-ring (bicyclic) bond motifs is 4. The third-order valence-electron chi connectivity index (χ3n) is 10.2. The maximum absolute atomic E-state index is 6.69. The molecule has 0 aliphatic heterocycles. The molecule has 0 amide bonds. The Balaban J connectivity index is 1.18. The minimum atomic E-state index is 0.613. The minimum Gasteiger partial charge on any atom is -0.456 e. The number of nitrogens with zero attached hydrogens (tertiary/aromatic N) is 3. The fourth-order valence-electron chi connectivity index (χ4n) is 7.92. The second kappa shape index (κ2) is 10.2. The van der Waals surface area contributed by atoms with Crippen LogP contribution in [-0.4, -0.2) is 15.0 Å². The van der Waals surface area contributed by atoms with Gasteiger partial charge >= 0.3 is 0 Å². The number of thiophene rings is 1. The van der Waals surface area contributed by atoms with E-state index < -0.39 is 0 Å². The Morgan fingerprint density at radius 2 is 1.12 bits per heavy atom. The molecule has 236 valence electrons. The molecule has 0 N–H and O–H groups in total. The number of aromatic nitrogens is 3. The molecule has 0 aliphatic rings. The Hall–Kier alpha value is -6.21. The van der Waals surface area contributed by atoms with Crippen molar-refractivity contribution in [3.05, 3.63) is 140 Å². The molecule has 0 aliphatic carbocycles. The van der Waals surface area contributed by atoms with Gasteiger partial charge in [-0.05, 0) is 68.7 Å². The van der Waals surface area contributed by atoms with Crippen molar-refractivity contribution < 1.29 is 4.42 Å². The highest BCUT2D eigenvalue weighted by Gasteiger charge is 2.23. The van der Waals surface area contributed by atoms with Gasteiger partial charge in [-0.15, -0.1) is 22.7 Å². The fourth-order valence-corrected chi connectivity index (χ4v) is 10.5. The van der Waals surface area contributed by atoms with Gasteiger partial charge in [-0.3, -0.25) is 0 Å². The third kappa shape index (κ3) is 3.97. The van der Waals surface area contributed by atoms with E-state index in [9.17, 15) is 0 Å². The molecule has 0 spiro atoms. The molecule has 8 aromatic carbocycles. The fraction of sp³-hybridized carbons (Fsp3) is 0. The zero-order chi connectivity index (χ0) is 33.2. The summed E-state index contributed by atoms with van der Waals surface area (Å²) in [6.45, 7) is 0. The van der Waals surface area contributed by atoms with Crippen molar-refractivity contribution in [1.29, 1.82) is 0 Å². The molecule has 0 atom stereocenters. The maximum atomic E-state index is 6.69. The number of rotatable bonds is 3. The van der Waals surface area contributed by atoms with Gasteiger partial charge in [0.05, 0.1) is 0 Å². The van der Waals surface area contributed by atoms with Crippen molar-refractivity contribution in [3.63, 3.8) is 0 Å². The quantitative estimate of drug-likeness (QED) is 0.186. The van der Waals surface area contributed by atoms with E-state index in [1.165, 1.54) is 46.4 Å². The lowest BCUT2D eigenvalue weighted by Crippen LogP contribution is -2.00. The van der Waals surface area contributed by atoms with Crippen LogP contribution in [0.25, 0.3) is 118 Å². The van der Waals surface area contributed by atoms with E-state index >= 15 is 0 Å². The monoisotopic (exact) mass is 685 g/mol. The lowest BCUT2D eigenvalue weighted by Gasteiger charge is -2.11. The standard InChI is InChI=1S/C45H23N3OS2/c1-2-10-26-20-28(17-16-24(26)8-1)43-46-44(48-45(47-43)32-15-7-12-25-9-3-5-13-30(25)32)29-21-34-38-36(23-29)51-42-31-14-6-4-11-27(31)22-37-41(42)40-35(50-37)19-18-33(49-34)39(38)40/h1-23H. The van der Waals surface area contributed by atoms with Gasteiger partial charge in [-0.25, -0.2) is 15.0 Å². The van der Waals surface area contributed by atoms with E-state index in [0.29, 0.717) is 17.5 Å². The number of hydrogen-bond acceptors (Lipinski definition) is 6. The summed E-state index contributed by atoms with van der Waals surface area (Å²) in [5, 5.41) is 12.1. The van der Waals surface area contributed by atoms with Crippen LogP contribution in [-0.2, 0) is 0 Å². The van der Waals surface area contributed by atoms with Crippen molar-refractivity contribution in [2.24, 2.45) is 0 Å². The van der Waals surface area contributed by atoms with Crippen molar-refractivity contribution in [1.82, 2.24) is 15.0 Å². The molecule has 0 saturated carbocycles. The Morgan fingerprint density at radius 1 is 0.392 bits per heavy atom. The summed E-state index contributed by atoms with van der Waals surface area (Å²) in [7, 11) is 0. The molecule has 6 heteroatoms. The predicted molar refractivity (Wildman–Crippen MR) is 215 cm³/mol. The first kappa shape index (κ1) is 27.6. The molecule has 4 aromatic heterocycles. The lowest BCUT2D eigenvalue weighted by atomic mass is 10.0. The van der Waals surface area contributed by atoms with E-state index in [2.05, 4.69) is 140 Å². The van der Waals surface area contributed by atoms with Crippen molar-refractivity contribution >= 4 is 107 Å². The molecule has 0 radical (unpaired) electrons. The molecule has 0 bridgehead atoms. The third-order valence-corrected chi connectivity index (χ3v) is 12.5. The summed E-state index contributed by atoms with van der Waals surface area (Å²) in [4.78, 5) is 15.6. The molecule has 4 heterocycles. The van der Waals surface area contributed by atoms with E-state index in [-0.39, 0.29) is 0 Å². The lowest BCUT2D eigenvalue weighted by molar-refractivity contribution is 0.669. The van der Waals surface area contributed by atoms with Crippen molar-refractivity contribution in [2.75, 3.05) is 0 Å². The van der Waals surface area contributed by atoms with Gasteiger partial charge in [-0.2, -0.15) is 0 Å². The zero-order valence-electron chi connectivity index (χ0n) is 26.8. The summed E-state index contributed by atoms with van der Waals surface area (Å²) in [5.41, 5.74) is 4.56. The SMILES string of the molecule is c1ccc2cc(-c3nc(-c4cc5oc6ccc7sc8cc9ccccc9c9sc(c4)c5c6c7c89)nc(-c4cccc5ccccc45)n3)ccc2c1. The molecule has 0 fully saturated rings. The Bertz CT molecular complexity index is 3380. The number of hydrogen-bond donors (Lipinski definition) is 0. The van der Waals surface area contributed by atoms with Gasteiger partial charge in [0.15, 0.2) is 17.5 Å². The van der Waals surface area contributed by atoms with Crippen LogP contribution in [0.1, 0.15) is 0 Å². The Labute approximate surface area is 298 Å². The topological polar surface area (TPSA) is 51.8 Å². The van der Waals surface area contributed by atoms with Crippen LogP contribution in [0.3, 0.4) is 0 Å². The summed E-state index contributed by atoms with van der Waals surface area (Å²) in [6.07, 6.45) is 0. The average molecular weight is 686 g/mol. The minimum absolute atomic E-state index is 0.613. The van der Waals surface area contributed by atoms with Gasteiger partial charge in [-0.1, -0.05) is 103 Å². The van der Waals surface area contributed by atoms with Crippen LogP contribution in [0.15, 0.2) is 144 Å². The van der Waals surface area contributed by atoms with Gasteiger partial charge in [0.2, 0.25) is 0 Å². The van der Waals surface area contributed by atoms with Crippen molar-refractivity contribution in [2.45, 2.75) is 0 Å². The molecular weight excluding hydrogens is 663 g/mol. The maximum Gasteiger partial charge on any atom is 0.164 e. The van der Waals surface area contributed by atoms with Crippen LogP contribution >= 0.6 is 22.7 Å². The molecule has 12 aromatic rings. The van der Waals surface area contributed by atoms with Gasteiger partial charge in [0.1, 0.15) is 11.2 Å². The molecular formula is C45H23N3OS2. The number of benzene rings is 8. The van der Waals surface area contributed by atoms with E-state index in [4.69, 9.17) is 19.4 Å². The van der Waals surface area contributed by atoms with E-state index in [1.54, 1.807) is 0 Å². The van der Waals surface area contributed by atoms with Gasteiger partial charge in [0.25, 0.3) is 0 Å². The smallest absolute Gasteiger partial charge is 0.164 e. The zero-order valence-corrected chi connectivity index (χ0v) is 28.5. The Morgan fingerprint density at radius 3 is 2.02 bits per heavy atom. The van der Waals surface area contributed by atoms with Crippen LogP contribution in [0, 0.1) is 0 Å². The van der Waals surface area contributed by atoms with E-state index in [1.807, 2.05) is 22.7 Å². The predicted octanol–water partition coefficient (Wildman–Crippen LogP) is 13.3. The van der Waals surface area contributed by atoms with Crippen molar-refractivity contribution in [3.8, 4) is 34.2 Å². The van der Waals surface area contributed by atoms with Crippen LogP contribution in [0.2, 0.25) is 0 Å². The molecule has 4 nitrogen and oxygen atoms in total. The van der Waals surface area contributed by atoms with Gasteiger partial charge in [0, 0.05) is 57.0 Å². The highest BCUT2D eigenvalue weighted by Crippen LogP contribution is 2.50. The highest BCUT2D eigenvalue weighted by molar-refractivity contribution is 7.29. The first-order valence-corrected chi connectivity index (χ1v) is 18.6. The van der Waals surface area contributed by atoms with Crippen LogP contribution < -0.4 is 0 Å². The van der Waals surface area contributed by atoms with Gasteiger partial charge < -0.3 is 4.42 Å². The Kier molecular flexibility index (Phi) is 5.50. The van der Waals surface area contributed by atoms with Crippen LogP contribution in [0.4, 0.5) is 0 Å². The highest BCUT2D eigenvalue weighted by atomic mass is 32.1. The number of furan rings is 1.